The van der Waals surface area contributed by atoms with Crippen LogP contribution in [0.5, 0.6) is 0 Å². The Hall–Kier alpha value is -4.93. The van der Waals surface area contributed by atoms with Crippen molar-refractivity contribution in [2.24, 2.45) is 0 Å². The molecule has 0 bridgehead atoms. The number of amides is 3. The van der Waals surface area contributed by atoms with Gasteiger partial charge in [-0.1, -0.05) is 48.0 Å². The van der Waals surface area contributed by atoms with Gasteiger partial charge in [-0.15, -0.1) is 11.8 Å². The molecule has 0 aliphatic carbocycles. The number of hydrogen-bond donors (Lipinski definition) is 3. The lowest BCUT2D eigenvalue weighted by molar-refractivity contribution is -0.385. The Bertz CT molecular complexity index is 1660. The van der Waals surface area contributed by atoms with Crippen LogP contribution in [0.1, 0.15) is 21.5 Å². The number of thioether (sulfide) groups is 1. The fraction of sp³-hybridized carbons (Fsp3) is 0.0645. The van der Waals surface area contributed by atoms with Crippen LogP contribution >= 0.6 is 23.4 Å². The van der Waals surface area contributed by atoms with E-state index >= 15 is 0 Å². The highest BCUT2D eigenvalue weighted by molar-refractivity contribution is 8.00. The van der Waals surface area contributed by atoms with Crippen LogP contribution < -0.4 is 16.0 Å². The zero-order chi connectivity index (χ0) is 30.1. The zero-order valence-electron chi connectivity index (χ0n) is 22.3. The summed E-state index contributed by atoms with van der Waals surface area (Å²) in [5.74, 6) is -1.26. The van der Waals surface area contributed by atoms with Crippen LogP contribution in [0.2, 0.25) is 5.02 Å². The Labute approximate surface area is 251 Å². The molecule has 0 saturated heterocycles. The van der Waals surface area contributed by atoms with Crippen molar-refractivity contribution in [1.29, 1.82) is 0 Å². The van der Waals surface area contributed by atoms with E-state index in [1.54, 1.807) is 72.8 Å². The van der Waals surface area contributed by atoms with Gasteiger partial charge in [0.15, 0.2) is 0 Å². The molecule has 4 rings (SSSR count). The van der Waals surface area contributed by atoms with Crippen LogP contribution in [-0.4, -0.2) is 28.4 Å². The molecule has 212 valence electrons. The van der Waals surface area contributed by atoms with Gasteiger partial charge in [0.05, 0.1) is 16.2 Å². The van der Waals surface area contributed by atoms with E-state index in [4.69, 9.17) is 11.6 Å². The Morgan fingerprint density at radius 3 is 2.24 bits per heavy atom. The lowest BCUT2D eigenvalue weighted by atomic mass is 10.1. The number of nitrogens with zero attached hydrogens (tertiary/aromatic N) is 1. The van der Waals surface area contributed by atoms with Crippen molar-refractivity contribution in [3.05, 3.63) is 135 Å². The number of nitrogens with one attached hydrogen (secondary N) is 3. The van der Waals surface area contributed by atoms with Crippen molar-refractivity contribution in [3.8, 4) is 0 Å². The Morgan fingerprint density at radius 2 is 1.55 bits per heavy atom. The average Bonchev–Trinajstić information content (AvgIpc) is 2.99. The molecule has 0 radical (unpaired) electrons. The van der Waals surface area contributed by atoms with Gasteiger partial charge in [-0.3, -0.25) is 24.5 Å². The van der Waals surface area contributed by atoms with Crippen molar-refractivity contribution in [2.75, 3.05) is 16.4 Å². The van der Waals surface area contributed by atoms with Gasteiger partial charge in [0.25, 0.3) is 17.5 Å². The van der Waals surface area contributed by atoms with Gasteiger partial charge in [0.1, 0.15) is 5.70 Å². The van der Waals surface area contributed by atoms with Crippen LogP contribution in [0.15, 0.2) is 108 Å². The molecule has 0 saturated carbocycles. The van der Waals surface area contributed by atoms with Gasteiger partial charge < -0.3 is 16.0 Å². The Morgan fingerprint density at radius 1 is 0.881 bits per heavy atom. The normalized spacial score (nSPS) is 11.0. The summed E-state index contributed by atoms with van der Waals surface area (Å²) >= 11 is 7.43. The zero-order valence-corrected chi connectivity index (χ0v) is 23.9. The van der Waals surface area contributed by atoms with Crippen LogP contribution in [0.3, 0.4) is 0 Å². The molecular formula is C31H25ClN4O5S. The number of carbonyl (C=O) groups is 3. The number of benzene rings is 4. The molecule has 0 fully saturated rings. The van der Waals surface area contributed by atoms with Gasteiger partial charge in [-0.2, -0.15) is 0 Å². The summed E-state index contributed by atoms with van der Waals surface area (Å²) in [6.07, 6.45) is 1.26. The number of anilines is 2. The average molecular weight is 601 g/mol. The number of halogens is 1. The predicted molar refractivity (Wildman–Crippen MR) is 166 cm³/mol. The minimum atomic E-state index is -0.672. The second-order valence-corrected chi connectivity index (χ2v) is 10.4. The van der Waals surface area contributed by atoms with Crippen LogP contribution in [0.4, 0.5) is 17.1 Å². The van der Waals surface area contributed by atoms with Crippen LogP contribution in [-0.2, 0) is 9.59 Å². The maximum Gasteiger partial charge on any atom is 0.276 e. The molecule has 0 aliphatic heterocycles. The molecule has 9 nitrogen and oxygen atoms in total. The summed E-state index contributed by atoms with van der Waals surface area (Å²) in [7, 11) is 0. The van der Waals surface area contributed by atoms with E-state index in [-0.39, 0.29) is 28.6 Å². The van der Waals surface area contributed by atoms with Crippen molar-refractivity contribution < 1.29 is 19.3 Å². The highest BCUT2D eigenvalue weighted by Crippen LogP contribution is 2.24. The summed E-state index contributed by atoms with van der Waals surface area (Å²) in [5, 5.41) is 20.2. The van der Waals surface area contributed by atoms with Gasteiger partial charge in [0.2, 0.25) is 5.91 Å². The maximum absolute atomic E-state index is 13.3. The van der Waals surface area contributed by atoms with E-state index < -0.39 is 16.7 Å². The van der Waals surface area contributed by atoms with E-state index in [1.165, 1.54) is 36.0 Å². The SMILES string of the molecule is Cc1ccc(NC(=O)CSc2ccc(NC(=O)/C(=C/c3ccccc3[N+](=O)[O-])NC(=O)c3ccccc3)cc2)cc1Cl. The molecule has 42 heavy (non-hydrogen) atoms. The molecule has 3 amide bonds. The second-order valence-electron chi connectivity index (χ2n) is 8.97. The number of rotatable bonds is 10. The number of nitro groups is 1. The second kappa shape index (κ2) is 14.1. The Kier molecular flexibility index (Phi) is 10.1. The van der Waals surface area contributed by atoms with E-state index in [9.17, 15) is 24.5 Å². The lowest BCUT2D eigenvalue weighted by Gasteiger charge is -2.12. The fourth-order valence-electron chi connectivity index (χ4n) is 3.72. The van der Waals surface area contributed by atoms with Crippen molar-refractivity contribution in [2.45, 2.75) is 11.8 Å². The smallest absolute Gasteiger partial charge is 0.276 e. The highest BCUT2D eigenvalue weighted by Gasteiger charge is 2.18. The van der Waals surface area contributed by atoms with Gasteiger partial charge in [0, 0.05) is 32.9 Å². The summed E-state index contributed by atoms with van der Waals surface area (Å²) < 4.78 is 0. The van der Waals surface area contributed by atoms with Gasteiger partial charge in [-0.25, -0.2) is 0 Å². The first-order valence-corrected chi connectivity index (χ1v) is 14.0. The quantitative estimate of drug-likeness (QED) is 0.0804. The number of para-hydroxylation sites is 1. The third kappa shape index (κ3) is 8.29. The molecular weight excluding hydrogens is 576 g/mol. The van der Waals surface area contributed by atoms with Gasteiger partial charge in [-0.05, 0) is 73.2 Å². The summed E-state index contributed by atoms with van der Waals surface area (Å²) in [6.45, 7) is 1.88. The standard InChI is InChI=1S/C31H25ClN4O5S/c1-20-11-12-24(18-26(20)32)33-29(37)19-42-25-15-13-23(14-16-25)34-31(39)27(35-30(38)21-7-3-2-4-8-21)17-22-9-5-6-10-28(22)36(40)41/h2-18H,19H2,1H3,(H,33,37)(H,34,39)(H,35,38)/b27-17-. The number of nitro benzene ring substituents is 1. The summed E-state index contributed by atoms with van der Waals surface area (Å²) in [5.41, 5.74) is 2.02. The number of aryl methyl sites for hydroxylation is 1. The topological polar surface area (TPSA) is 130 Å². The van der Waals surface area contributed by atoms with E-state index in [0.29, 0.717) is 22.0 Å². The van der Waals surface area contributed by atoms with Gasteiger partial charge >= 0.3 is 0 Å². The minimum Gasteiger partial charge on any atom is -0.325 e. The number of carbonyl (C=O) groups excluding carboxylic acids is 3. The molecule has 0 atom stereocenters. The third-order valence-corrected chi connectivity index (χ3v) is 7.32. The molecule has 4 aromatic rings. The summed E-state index contributed by atoms with van der Waals surface area (Å²) in [4.78, 5) is 50.2. The van der Waals surface area contributed by atoms with E-state index in [2.05, 4.69) is 16.0 Å². The predicted octanol–water partition coefficient (Wildman–Crippen LogP) is 6.70. The summed E-state index contributed by atoms with van der Waals surface area (Å²) in [6, 6.07) is 26.3. The monoisotopic (exact) mass is 600 g/mol. The first-order valence-electron chi connectivity index (χ1n) is 12.6. The lowest BCUT2D eigenvalue weighted by Crippen LogP contribution is -2.30. The van der Waals surface area contributed by atoms with Crippen molar-refractivity contribution in [3.63, 3.8) is 0 Å². The van der Waals surface area contributed by atoms with Crippen LogP contribution in [0.25, 0.3) is 6.08 Å². The van der Waals surface area contributed by atoms with E-state index in [1.807, 2.05) is 13.0 Å². The van der Waals surface area contributed by atoms with Crippen LogP contribution in [0, 0.1) is 17.0 Å². The van der Waals surface area contributed by atoms with Crippen molar-refractivity contribution >= 4 is 64.2 Å². The minimum absolute atomic E-state index is 0.152. The molecule has 4 aromatic carbocycles. The molecule has 0 unspecified atom stereocenters. The third-order valence-electron chi connectivity index (χ3n) is 5.90. The molecule has 3 N–H and O–H groups in total. The molecule has 0 heterocycles. The first-order chi connectivity index (χ1) is 20.2. The largest absolute Gasteiger partial charge is 0.325 e. The molecule has 0 aliphatic rings. The fourth-order valence-corrected chi connectivity index (χ4v) is 4.60. The number of hydrogen-bond acceptors (Lipinski definition) is 6. The molecule has 0 aromatic heterocycles. The van der Waals surface area contributed by atoms with E-state index in [0.717, 1.165) is 10.5 Å². The molecule has 11 heteroatoms. The molecule has 0 spiro atoms. The van der Waals surface area contributed by atoms with Crippen molar-refractivity contribution in [1.82, 2.24) is 5.32 Å². The highest BCUT2D eigenvalue weighted by atomic mass is 35.5. The first kappa shape index (κ1) is 30.0. The maximum atomic E-state index is 13.3. The Balaban J connectivity index is 1.44.